The van der Waals surface area contributed by atoms with Crippen LogP contribution in [0.2, 0.25) is 0 Å². The van der Waals surface area contributed by atoms with Gasteiger partial charge in [0.1, 0.15) is 5.75 Å². The molecule has 3 aromatic rings. The monoisotopic (exact) mass is 532 g/mol. The van der Waals surface area contributed by atoms with Crippen molar-refractivity contribution in [1.29, 1.82) is 0 Å². The number of nitrogens with zero attached hydrogens (tertiary/aromatic N) is 1. The third-order valence-electron chi connectivity index (χ3n) is 5.31. The zero-order valence-electron chi connectivity index (χ0n) is 22.2. The molecule has 0 bridgehead atoms. The van der Waals surface area contributed by atoms with Gasteiger partial charge in [-0.2, -0.15) is 5.10 Å². The first-order valence-electron chi connectivity index (χ1n) is 12.4. The Kier molecular flexibility index (Phi) is 10.9. The van der Waals surface area contributed by atoms with Crippen LogP contribution in [0.1, 0.15) is 30.9 Å². The largest absolute Gasteiger partial charge is 0.494 e. The van der Waals surface area contributed by atoms with Crippen molar-refractivity contribution in [3.63, 3.8) is 0 Å². The van der Waals surface area contributed by atoms with E-state index in [9.17, 15) is 14.4 Å². The fourth-order valence-electron chi connectivity index (χ4n) is 3.32. The number of unbranched alkanes of at least 4 members (excludes halogenated alkanes) is 1. The van der Waals surface area contributed by atoms with E-state index in [-0.39, 0.29) is 12.5 Å². The van der Waals surface area contributed by atoms with Gasteiger partial charge in [-0.1, -0.05) is 25.5 Å². The van der Waals surface area contributed by atoms with E-state index in [0.717, 1.165) is 18.4 Å². The molecule has 0 radical (unpaired) electrons. The Morgan fingerprint density at radius 1 is 0.872 bits per heavy atom. The minimum absolute atomic E-state index is 0.211. The second-order valence-corrected chi connectivity index (χ2v) is 8.50. The number of methoxy groups -OCH3 is 1. The molecule has 10 nitrogen and oxygen atoms in total. The summed E-state index contributed by atoms with van der Waals surface area (Å²) >= 11 is 0. The van der Waals surface area contributed by atoms with E-state index in [1.807, 2.05) is 25.1 Å². The molecule has 0 spiro atoms. The highest BCUT2D eigenvalue weighted by Gasteiger charge is 2.13. The van der Waals surface area contributed by atoms with E-state index in [2.05, 4.69) is 28.1 Å². The second kappa shape index (κ2) is 14.8. The molecule has 39 heavy (non-hydrogen) atoms. The summed E-state index contributed by atoms with van der Waals surface area (Å²) in [5.41, 5.74) is 4.92. The summed E-state index contributed by atoms with van der Waals surface area (Å²) in [6.45, 7) is 4.43. The van der Waals surface area contributed by atoms with E-state index >= 15 is 0 Å². The molecule has 0 aliphatic rings. The average molecular weight is 533 g/mol. The Bertz CT molecular complexity index is 1310. The molecule has 0 aliphatic heterocycles. The predicted octanol–water partition coefficient (Wildman–Crippen LogP) is 4.29. The molecule has 3 N–H and O–H groups in total. The Morgan fingerprint density at radius 2 is 1.67 bits per heavy atom. The smallest absolute Gasteiger partial charge is 0.329 e. The molecule has 0 saturated carbocycles. The molecule has 10 heteroatoms. The lowest BCUT2D eigenvalue weighted by Crippen LogP contribution is -2.32. The van der Waals surface area contributed by atoms with Crippen molar-refractivity contribution >= 4 is 35.3 Å². The molecule has 0 saturated heterocycles. The lowest BCUT2D eigenvalue weighted by atomic mass is 10.2. The van der Waals surface area contributed by atoms with Crippen molar-refractivity contribution in [3.8, 4) is 17.2 Å². The van der Waals surface area contributed by atoms with Gasteiger partial charge in [0.2, 0.25) is 0 Å². The number of hydrogen-bond acceptors (Lipinski definition) is 7. The van der Waals surface area contributed by atoms with Gasteiger partial charge in [-0.05, 0) is 79.1 Å². The van der Waals surface area contributed by atoms with Gasteiger partial charge in [0.05, 0.1) is 19.9 Å². The van der Waals surface area contributed by atoms with Crippen LogP contribution >= 0.6 is 0 Å². The molecule has 0 heterocycles. The van der Waals surface area contributed by atoms with E-state index in [4.69, 9.17) is 14.2 Å². The highest BCUT2D eigenvalue weighted by atomic mass is 16.5. The van der Waals surface area contributed by atoms with Crippen LogP contribution in [0.4, 0.5) is 11.4 Å². The van der Waals surface area contributed by atoms with Crippen LogP contribution in [0, 0.1) is 6.92 Å². The summed E-state index contributed by atoms with van der Waals surface area (Å²) in [6, 6.07) is 19.1. The van der Waals surface area contributed by atoms with Crippen molar-refractivity contribution in [3.05, 3.63) is 77.9 Å². The van der Waals surface area contributed by atoms with Gasteiger partial charge < -0.3 is 24.8 Å². The van der Waals surface area contributed by atoms with Crippen molar-refractivity contribution in [1.82, 2.24) is 5.43 Å². The van der Waals surface area contributed by atoms with E-state index in [1.165, 1.54) is 13.3 Å². The summed E-state index contributed by atoms with van der Waals surface area (Å²) in [5.74, 6) is -0.690. The van der Waals surface area contributed by atoms with Crippen LogP contribution < -0.4 is 30.3 Å². The molecule has 0 fully saturated rings. The maximum atomic E-state index is 12.2. The topological polar surface area (TPSA) is 127 Å². The number of hydrogen-bond donors (Lipinski definition) is 3. The minimum atomic E-state index is -0.930. The molecule has 3 amide bonds. The SMILES string of the molecule is CCCCOc1ccc(NC(=O)C(=O)N/N=C\c2ccc(OCC(=O)Nc3cccc(C)c3)c(OC)c2)cc1. The fraction of sp³-hybridized carbons (Fsp3) is 0.241. The van der Waals surface area contributed by atoms with Crippen LogP contribution in [0.15, 0.2) is 71.8 Å². The summed E-state index contributed by atoms with van der Waals surface area (Å²) in [7, 11) is 1.46. The summed E-state index contributed by atoms with van der Waals surface area (Å²) in [5, 5.41) is 9.10. The highest BCUT2D eigenvalue weighted by molar-refractivity contribution is 6.39. The number of carbonyl (C=O) groups is 3. The standard InChI is InChI=1S/C29H32N4O6/c1-4-5-15-38-24-12-10-22(11-13-24)32-28(35)29(36)33-30-18-21-9-14-25(26(17-21)37-3)39-19-27(34)31-23-8-6-7-20(2)16-23/h6-14,16-18H,4-5,15,19H2,1-3H3,(H,31,34)(H,32,35)(H,33,36)/b30-18-. The molecule has 0 unspecified atom stereocenters. The third kappa shape index (κ3) is 9.51. The van der Waals surface area contributed by atoms with Gasteiger partial charge in [0.25, 0.3) is 5.91 Å². The molecule has 0 aliphatic carbocycles. The van der Waals surface area contributed by atoms with Crippen molar-refractivity contribution < 1.29 is 28.6 Å². The molecular formula is C29H32N4O6. The van der Waals surface area contributed by atoms with E-state index < -0.39 is 11.8 Å². The summed E-state index contributed by atoms with van der Waals surface area (Å²) in [6.07, 6.45) is 3.34. The zero-order chi connectivity index (χ0) is 28.0. The van der Waals surface area contributed by atoms with Crippen LogP contribution in [0.3, 0.4) is 0 Å². The van der Waals surface area contributed by atoms with E-state index in [1.54, 1.807) is 48.5 Å². The van der Waals surface area contributed by atoms with Gasteiger partial charge in [0, 0.05) is 11.4 Å². The fourth-order valence-corrected chi connectivity index (χ4v) is 3.32. The number of nitrogens with one attached hydrogen (secondary N) is 3. The maximum Gasteiger partial charge on any atom is 0.329 e. The molecule has 0 aromatic heterocycles. The Morgan fingerprint density at radius 3 is 2.38 bits per heavy atom. The molecule has 0 atom stereocenters. The number of rotatable bonds is 12. The van der Waals surface area contributed by atoms with E-state index in [0.29, 0.717) is 40.8 Å². The zero-order valence-corrected chi connectivity index (χ0v) is 22.2. The van der Waals surface area contributed by atoms with Gasteiger partial charge in [-0.15, -0.1) is 0 Å². The van der Waals surface area contributed by atoms with Gasteiger partial charge in [-0.3, -0.25) is 14.4 Å². The number of anilines is 2. The number of hydrazone groups is 1. The van der Waals surface area contributed by atoms with Gasteiger partial charge in [0.15, 0.2) is 18.1 Å². The summed E-state index contributed by atoms with van der Waals surface area (Å²) < 4.78 is 16.5. The van der Waals surface area contributed by atoms with Crippen molar-refractivity contribution in [2.45, 2.75) is 26.7 Å². The number of amides is 3. The van der Waals surface area contributed by atoms with Crippen LogP contribution in [0.5, 0.6) is 17.2 Å². The van der Waals surface area contributed by atoms with Gasteiger partial charge in [-0.25, -0.2) is 5.43 Å². The predicted molar refractivity (Wildman–Crippen MR) is 150 cm³/mol. The number of ether oxygens (including phenoxy) is 3. The summed E-state index contributed by atoms with van der Waals surface area (Å²) in [4.78, 5) is 36.5. The minimum Gasteiger partial charge on any atom is -0.494 e. The second-order valence-electron chi connectivity index (χ2n) is 8.50. The average Bonchev–Trinajstić information content (AvgIpc) is 2.93. The third-order valence-corrected chi connectivity index (χ3v) is 5.31. The Labute approximate surface area is 227 Å². The molecule has 204 valence electrons. The number of benzene rings is 3. The highest BCUT2D eigenvalue weighted by Crippen LogP contribution is 2.27. The van der Waals surface area contributed by atoms with Crippen LogP contribution in [-0.2, 0) is 14.4 Å². The quantitative estimate of drug-likeness (QED) is 0.138. The Hall–Kier alpha value is -4.86. The molecule has 3 rings (SSSR count). The Balaban J connectivity index is 1.48. The molecule has 3 aromatic carbocycles. The first-order chi connectivity index (χ1) is 18.9. The van der Waals surface area contributed by atoms with Crippen LogP contribution in [-0.4, -0.2) is 44.3 Å². The first kappa shape index (κ1) is 28.7. The van der Waals surface area contributed by atoms with Crippen LogP contribution in [0.25, 0.3) is 0 Å². The normalized spacial score (nSPS) is 10.5. The molecular weight excluding hydrogens is 500 g/mol. The first-order valence-corrected chi connectivity index (χ1v) is 12.4. The van der Waals surface area contributed by atoms with Crippen molar-refractivity contribution in [2.24, 2.45) is 5.10 Å². The number of aryl methyl sites for hydroxylation is 1. The van der Waals surface area contributed by atoms with Gasteiger partial charge >= 0.3 is 11.8 Å². The number of carbonyl (C=O) groups excluding carboxylic acids is 3. The lowest BCUT2D eigenvalue weighted by molar-refractivity contribution is -0.136. The maximum absolute atomic E-state index is 12.2. The lowest BCUT2D eigenvalue weighted by Gasteiger charge is -2.11. The van der Waals surface area contributed by atoms with Crippen molar-refractivity contribution in [2.75, 3.05) is 31.0 Å².